The molecule has 1 amide bonds. The predicted octanol–water partition coefficient (Wildman–Crippen LogP) is 1.92. The van der Waals surface area contributed by atoms with Crippen LogP contribution in [0.15, 0.2) is 41.6 Å². The van der Waals surface area contributed by atoms with Crippen LogP contribution in [0.1, 0.15) is 21.5 Å². The standard InChI is InChI=1S/C18H19FN6O3S/c1-11-7-13(8-17(12(11)2)29(27,28)24(3)4)18(26)21-16-9-14(5-6-15(16)19)25-10-20-22-23-25/h5-10H,1-4H3,(H,21,26). The SMILES string of the molecule is Cc1cc(C(=O)Nc2cc(-n3cnnn3)ccc2F)cc(S(=O)(=O)N(C)C)c1C. The van der Waals surface area contributed by atoms with Gasteiger partial charge in [-0.2, -0.15) is 0 Å². The van der Waals surface area contributed by atoms with E-state index in [-0.39, 0.29) is 16.1 Å². The Balaban J connectivity index is 1.98. The Kier molecular flexibility index (Phi) is 5.44. The largest absolute Gasteiger partial charge is 0.319 e. The number of hydrogen-bond donors (Lipinski definition) is 1. The molecule has 0 saturated carbocycles. The zero-order valence-electron chi connectivity index (χ0n) is 16.2. The van der Waals surface area contributed by atoms with Crippen LogP contribution in [-0.2, 0) is 10.0 Å². The van der Waals surface area contributed by atoms with E-state index in [0.29, 0.717) is 16.8 Å². The molecule has 1 aromatic heterocycles. The molecule has 1 heterocycles. The summed E-state index contributed by atoms with van der Waals surface area (Å²) in [5.74, 6) is -1.30. The topological polar surface area (TPSA) is 110 Å². The molecule has 0 bridgehead atoms. The molecule has 1 N–H and O–H groups in total. The molecule has 11 heteroatoms. The van der Waals surface area contributed by atoms with E-state index in [1.807, 2.05) is 0 Å². The van der Waals surface area contributed by atoms with Crippen LogP contribution in [0.4, 0.5) is 10.1 Å². The number of anilines is 1. The van der Waals surface area contributed by atoms with Crippen molar-refractivity contribution in [1.29, 1.82) is 0 Å². The van der Waals surface area contributed by atoms with Gasteiger partial charge in [0.25, 0.3) is 5.91 Å². The average Bonchev–Trinajstić information content (AvgIpc) is 3.20. The first-order valence-electron chi connectivity index (χ1n) is 8.49. The number of halogens is 1. The molecule has 3 rings (SSSR count). The van der Waals surface area contributed by atoms with Gasteiger partial charge in [0, 0.05) is 19.7 Å². The molecule has 0 atom stereocenters. The Morgan fingerprint density at radius 2 is 1.90 bits per heavy atom. The van der Waals surface area contributed by atoms with Gasteiger partial charge in [0.1, 0.15) is 12.1 Å². The third kappa shape index (κ3) is 4.00. The number of amides is 1. The summed E-state index contributed by atoms with van der Waals surface area (Å²) in [6.07, 6.45) is 1.33. The highest BCUT2D eigenvalue weighted by atomic mass is 32.2. The lowest BCUT2D eigenvalue weighted by atomic mass is 10.1. The third-order valence-electron chi connectivity index (χ3n) is 4.45. The van der Waals surface area contributed by atoms with Crippen LogP contribution in [0, 0.1) is 19.7 Å². The first-order chi connectivity index (χ1) is 13.6. The minimum absolute atomic E-state index is 0.0237. The molecule has 3 aromatic rings. The van der Waals surface area contributed by atoms with Crippen molar-refractivity contribution in [2.45, 2.75) is 18.7 Å². The van der Waals surface area contributed by atoms with Gasteiger partial charge in [-0.3, -0.25) is 4.79 Å². The van der Waals surface area contributed by atoms with E-state index in [9.17, 15) is 17.6 Å². The Bertz CT molecular complexity index is 1180. The molecule has 0 aliphatic heterocycles. The van der Waals surface area contributed by atoms with Gasteiger partial charge in [0.05, 0.1) is 16.3 Å². The van der Waals surface area contributed by atoms with Crippen LogP contribution in [0.5, 0.6) is 0 Å². The number of benzene rings is 2. The predicted molar refractivity (Wildman–Crippen MR) is 104 cm³/mol. The fourth-order valence-corrected chi connectivity index (χ4v) is 3.87. The number of tetrazole rings is 1. The Morgan fingerprint density at radius 3 is 2.52 bits per heavy atom. The van der Waals surface area contributed by atoms with Crippen LogP contribution in [0.25, 0.3) is 5.69 Å². The van der Waals surface area contributed by atoms with Crippen molar-refractivity contribution in [1.82, 2.24) is 24.5 Å². The van der Waals surface area contributed by atoms with Crippen LogP contribution in [0.3, 0.4) is 0 Å². The highest BCUT2D eigenvalue weighted by Crippen LogP contribution is 2.25. The fourth-order valence-electron chi connectivity index (χ4n) is 2.65. The monoisotopic (exact) mass is 418 g/mol. The second-order valence-electron chi connectivity index (χ2n) is 6.58. The Hall–Kier alpha value is -3.18. The molecular weight excluding hydrogens is 399 g/mol. The van der Waals surface area contributed by atoms with Crippen molar-refractivity contribution in [3.05, 3.63) is 59.2 Å². The molecule has 152 valence electrons. The van der Waals surface area contributed by atoms with Crippen LogP contribution in [0.2, 0.25) is 0 Å². The molecule has 0 saturated heterocycles. The summed E-state index contributed by atoms with van der Waals surface area (Å²) in [6, 6.07) is 6.86. The summed E-state index contributed by atoms with van der Waals surface area (Å²) in [5, 5.41) is 13.2. The van der Waals surface area contributed by atoms with Crippen molar-refractivity contribution >= 4 is 21.6 Å². The minimum Gasteiger partial charge on any atom is -0.319 e. The maximum atomic E-state index is 14.2. The molecule has 0 aliphatic rings. The number of rotatable bonds is 5. The van der Waals surface area contributed by atoms with E-state index in [0.717, 1.165) is 4.31 Å². The summed E-state index contributed by atoms with van der Waals surface area (Å²) in [4.78, 5) is 12.8. The number of nitrogens with one attached hydrogen (secondary N) is 1. The molecule has 0 unspecified atom stereocenters. The second kappa shape index (κ2) is 7.68. The number of hydrogen-bond acceptors (Lipinski definition) is 6. The van der Waals surface area contributed by atoms with E-state index < -0.39 is 21.7 Å². The lowest BCUT2D eigenvalue weighted by molar-refractivity contribution is 0.102. The van der Waals surface area contributed by atoms with Crippen molar-refractivity contribution in [2.24, 2.45) is 0 Å². The molecule has 0 spiro atoms. The van der Waals surface area contributed by atoms with Crippen LogP contribution < -0.4 is 5.32 Å². The van der Waals surface area contributed by atoms with Crippen LogP contribution >= 0.6 is 0 Å². The number of carbonyl (C=O) groups excluding carboxylic acids is 1. The van der Waals surface area contributed by atoms with Crippen molar-refractivity contribution in [2.75, 3.05) is 19.4 Å². The van der Waals surface area contributed by atoms with E-state index in [4.69, 9.17) is 0 Å². The first kappa shape index (κ1) is 20.6. The summed E-state index contributed by atoms with van der Waals surface area (Å²) in [5.41, 5.74) is 1.63. The quantitative estimate of drug-likeness (QED) is 0.678. The summed E-state index contributed by atoms with van der Waals surface area (Å²) >= 11 is 0. The zero-order chi connectivity index (χ0) is 21.3. The van der Waals surface area contributed by atoms with Gasteiger partial charge in [-0.1, -0.05) is 0 Å². The van der Waals surface area contributed by atoms with Gasteiger partial charge in [0.2, 0.25) is 10.0 Å². The molecule has 29 heavy (non-hydrogen) atoms. The highest BCUT2D eigenvalue weighted by molar-refractivity contribution is 7.89. The number of aromatic nitrogens is 4. The molecule has 0 aliphatic carbocycles. The van der Waals surface area contributed by atoms with Crippen molar-refractivity contribution in [3.8, 4) is 5.69 Å². The first-order valence-corrected chi connectivity index (χ1v) is 9.93. The van der Waals surface area contributed by atoms with E-state index in [1.165, 1.54) is 49.4 Å². The normalized spacial score (nSPS) is 11.7. The zero-order valence-corrected chi connectivity index (χ0v) is 17.0. The molecular formula is C18H19FN6O3S. The molecule has 0 radical (unpaired) electrons. The van der Waals surface area contributed by atoms with Crippen molar-refractivity contribution in [3.63, 3.8) is 0 Å². The lowest BCUT2D eigenvalue weighted by Gasteiger charge is -2.17. The van der Waals surface area contributed by atoms with E-state index in [1.54, 1.807) is 19.9 Å². The summed E-state index contributed by atoms with van der Waals surface area (Å²) in [6.45, 7) is 3.38. The van der Waals surface area contributed by atoms with Gasteiger partial charge >= 0.3 is 0 Å². The lowest BCUT2D eigenvalue weighted by Crippen LogP contribution is -2.24. The number of sulfonamides is 1. The van der Waals surface area contributed by atoms with Crippen LogP contribution in [-0.4, -0.2) is 52.9 Å². The fraction of sp³-hybridized carbons (Fsp3) is 0.222. The van der Waals surface area contributed by atoms with Gasteiger partial charge in [0.15, 0.2) is 0 Å². The summed E-state index contributed by atoms with van der Waals surface area (Å²) in [7, 11) is -0.923. The smallest absolute Gasteiger partial charge is 0.255 e. The number of nitrogens with zero attached hydrogens (tertiary/aromatic N) is 5. The molecule has 9 nitrogen and oxygen atoms in total. The Labute approximate surface area is 167 Å². The van der Waals surface area contributed by atoms with Gasteiger partial charge in [-0.15, -0.1) is 5.10 Å². The molecule has 2 aromatic carbocycles. The maximum absolute atomic E-state index is 14.2. The van der Waals surface area contributed by atoms with Gasteiger partial charge in [-0.05, 0) is 65.7 Å². The Morgan fingerprint density at radius 1 is 1.17 bits per heavy atom. The average molecular weight is 418 g/mol. The molecule has 0 fully saturated rings. The number of carbonyl (C=O) groups is 1. The summed E-state index contributed by atoms with van der Waals surface area (Å²) < 4.78 is 41.8. The number of aryl methyl sites for hydroxylation is 1. The maximum Gasteiger partial charge on any atom is 0.255 e. The third-order valence-corrected chi connectivity index (χ3v) is 6.39. The highest BCUT2D eigenvalue weighted by Gasteiger charge is 2.23. The second-order valence-corrected chi connectivity index (χ2v) is 8.70. The minimum atomic E-state index is -3.75. The van der Waals surface area contributed by atoms with Crippen molar-refractivity contribution < 1.29 is 17.6 Å². The van der Waals surface area contributed by atoms with Gasteiger partial charge < -0.3 is 5.32 Å². The van der Waals surface area contributed by atoms with E-state index >= 15 is 0 Å². The van der Waals surface area contributed by atoms with Gasteiger partial charge in [-0.25, -0.2) is 21.8 Å². The van der Waals surface area contributed by atoms with E-state index in [2.05, 4.69) is 20.8 Å².